The van der Waals surface area contributed by atoms with Crippen molar-refractivity contribution in [2.45, 2.75) is 26.3 Å². The third-order valence-electron chi connectivity index (χ3n) is 2.96. The molecule has 0 saturated heterocycles. The SMILES string of the molecule is CCN(Cc1cccs1)c1ccc(CCl)c(C)n1. The van der Waals surface area contributed by atoms with E-state index < -0.39 is 0 Å². The van der Waals surface area contributed by atoms with Crippen molar-refractivity contribution >= 4 is 28.8 Å². The average molecular weight is 281 g/mol. The Morgan fingerprint density at radius 1 is 1.33 bits per heavy atom. The van der Waals surface area contributed by atoms with E-state index in [-0.39, 0.29) is 0 Å². The summed E-state index contributed by atoms with van der Waals surface area (Å²) in [5, 5.41) is 2.11. The van der Waals surface area contributed by atoms with Crippen LogP contribution in [0.1, 0.15) is 23.1 Å². The summed E-state index contributed by atoms with van der Waals surface area (Å²) in [6.45, 7) is 6.03. The lowest BCUT2D eigenvalue weighted by molar-refractivity contribution is 0.818. The zero-order chi connectivity index (χ0) is 13.0. The molecule has 0 spiro atoms. The molecule has 4 heteroatoms. The maximum absolute atomic E-state index is 5.86. The molecule has 2 aromatic heterocycles. The summed E-state index contributed by atoms with van der Waals surface area (Å²) in [5.41, 5.74) is 2.12. The molecule has 2 aromatic rings. The molecule has 0 aromatic carbocycles. The van der Waals surface area contributed by atoms with Gasteiger partial charge < -0.3 is 4.90 Å². The van der Waals surface area contributed by atoms with Crippen LogP contribution < -0.4 is 4.90 Å². The van der Waals surface area contributed by atoms with Gasteiger partial charge in [0.15, 0.2) is 0 Å². The van der Waals surface area contributed by atoms with Gasteiger partial charge in [0, 0.05) is 23.0 Å². The van der Waals surface area contributed by atoms with Crippen molar-refractivity contribution in [2.75, 3.05) is 11.4 Å². The lowest BCUT2D eigenvalue weighted by atomic mass is 10.2. The summed E-state index contributed by atoms with van der Waals surface area (Å²) in [7, 11) is 0. The molecule has 0 bridgehead atoms. The molecule has 0 atom stereocenters. The first-order chi connectivity index (χ1) is 8.74. The minimum atomic E-state index is 0.524. The van der Waals surface area contributed by atoms with E-state index in [9.17, 15) is 0 Å². The van der Waals surface area contributed by atoms with Gasteiger partial charge in [0.1, 0.15) is 5.82 Å². The van der Waals surface area contributed by atoms with Crippen LogP contribution >= 0.6 is 22.9 Å². The second-order valence-corrected chi connectivity index (χ2v) is 5.44. The molecule has 0 saturated carbocycles. The Labute approximate surface area is 117 Å². The van der Waals surface area contributed by atoms with Crippen LogP contribution in [-0.2, 0) is 12.4 Å². The van der Waals surface area contributed by atoms with Gasteiger partial charge in [-0.05, 0) is 36.9 Å². The molecule has 2 nitrogen and oxygen atoms in total. The zero-order valence-corrected chi connectivity index (χ0v) is 12.3. The number of rotatable bonds is 5. The Bertz CT molecular complexity index is 497. The third kappa shape index (κ3) is 3.03. The van der Waals surface area contributed by atoms with E-state index in [1.165, 1.54) is 4.88 Å². The zero-order valence-electron chi connectivity index (χ0n) is 10.7. The maximum atomic E-state index is 5.86. The fourth-order valence-corrected chi connectivity index (χ4v) is 2.84. The standard InChI is InChI=1S/C14H17ClN2S/c1-3-17(10-13-5-4-8-18-13)14-7-6-12(9-15)11(2)16-14/h4-8H,3,9-10H2,1-2H3. The first-order valence-electron chi connectivity index (χ1n) is 6.04. The number of aromatic nitrogens is 1. The molecule has 0 aliphatic rings. The van der Waals surface area contributed by atoms with Crippen molar-refractivity contribution in [1.29, 1.82) is 0 Å². The van der Waals surface area contributed by atoms with Crippen LogP contribution in [0.15, 0.2) is 29.6 Å². The first-order valence-corrected chi connectivity index (χ1v) is 7.45. The molecule has 0 aliphatic heterocycles. The van der Waals surface area contributed by atoms with E-state index in [4.69, 9.17) is 11.6 Å². The fraction of sp³-hybridized carbons (Fsp3) is 0.357. The van der Waals surface area contributed by atoms with Crippen LogP contribution in [0.4, 0.5) is 5.82 Å². The number of anilines is 1. The Morgan fingerprint density at radius 2 is 2.17 bits per heavy atom. The average Bonchev–Trinajstić information content (AvgIpc) is 2.88. The van der Waals surface area contributed by atoms with Gasteiger partial charge in [-0.3, -0.25) is 0 Å². The second kappa shape index (κ2) is 6.21. The molecule has 18 heavy (non-hydrogen) atoms. The molecule has 0 aliphatic carbocycles. The maximum Gasteiger partial charge on any atom is 0.129 e. The molecule has 0 N–H and O–H groups in total. The van der Waals surface area contributed by atoms with Crippen molar-refractivity contribution in [3.63, 3.8) is 0 Å². The Morgan fingerprint density at radius 3 is 2.72 bits per heavy atom. The lowest BCUT2D eigenvalue weighted by Crippen LogP contribution is -2.22. The predicted molar refractivity (Wildman–Crippen MR) is 79.6 cm³/mol. The van der Waals surface area contributed by atoms with Crippen LogP contribution in [-0.4, -0.2) is 11.5 Å². The minimum absolute atomic E-state index is 0.524. The summed E-state index contributed by atoms with van der Waals surface area (Å²) in [6.07, 6.45) is 0. The van der Waals surface area contributed by atoms with E-state index in [1.807, 2.05) is 6.92 Å². The molecular weight excluding hydrogens is 264 g/mol. The van der Waals surface area contributed by atoms with Crippen molar-refractivity contribution in [3.8, 4) is 0 Å². The van der Waals surface area contributed by atoms with Gasteiger partial charge in [0.05, 0.1) is 6.54 Å². The first kappa shape index (κ1) is 13.4. The van der Waals surface area contributed by atoms with E-state index >= 15 is 0 Å². The van der Waals surface area contributed by atoms with Crippen LogP contribution in [0.3, 0.4) is 0 Å². The fourth-order valence-electron chi connectivity index (χ4n) is 1.84. The Balaban J connectivity index is 2.19. The number of hydrogen-bond acceptors (Lipinski definition) is 3. The highest BCUT2D eigenvalue weighted by Gasteiger charge is 2.09. The van der Waals surface area contributed by atoms with E-state index in [1.54, 1.807) is 11.3 Å². The second-order valence-electron chi connectivity index (χ2n) is 4.14. The molecule has 0 radical (unpaired) electrons. The predicted octanol–water partition coefficient (Wildman–Crippen LogP) is 4.22. The van der Waals surface area contributed by atoms with Gasteiger partial charge in [-0.25, -0.2) is 4.98 Å². The highest BCUT2D eigenvalue weighted by atomic mass is 35.5. The molecular formula is C14H17ClN2S. The summed E-state index contributed by atoms with van der Waals surface area (Å²) >= 11 is 7.64. The van der Waals surface area contributed by atoms with Gasteiger partial charge in [-0.2, -0.15) is 0 Å². The number of nitrogens with zero attached hydrogens (tertiary/aromatic N) is 2. The van der Waals surface area contributed by atoms with Gasteiger partial charge in [-0.1, -0.05) is 12.1 Å². The normalized spacial score (nSPS) is 10.6. The van der Waals surface area contributed by atoms with Crippen molar-refractivity contribution in [2.24, 2.45) is 0 Å². The highest BCUT2D eigenvalue weighted by Crippen LogP contribution is 2.20. The number of alkyl halides is 1. The molecule has 0 fully saturated rings. The summed E-state index contributed by atoms with van der Waals surface area (Å²) in [6, 6.07) is 8.37. The van der Waals surface area contributed by atoms with Gasteiger partial charge in [0.2, 0.25) is 0 Å². The summed E-state index contributed by atoms with van der Waals surface area (Å²) in [5.74, 6) is 1.55. The van der Waals surface area contributed by atoms with Crippen molar-refractivity contribution in [3.05, 3.63) is 45.8 Å². The highest BCUT2D eigenvalue weighted by molar-refractivity contribution is 7.09. The monoisotopic (exact) mass is 280 g/mol. The number of aryl methyl sites for hydroxylation is 1. The lowest BCUT2D eigenvalue weighted by Gasteiger charge is -2.22. The molecule has 0 amide bonds. The molecule has 2 heterocycles. The number of halogens is 1. The minimum Gasteiger partial charge on any atom is -0.352 e. The molecule has 2 rings (SSSR count). The van der Waals surface area contributed by atoms with E-state index in [2.05, 4.69) is 46.5 Å². The Hall–Kier alpha value is -1.06. The van der Waals surface area contributed by atoms with Crippen molar-refractivity contribution in [1.82, 2.24) is 4.98 Å². The molecule has 0 unspecified atom stereocenters. The van der Waals surface area contributed by atoms with Crippen LogP contribution in [0.5, 0.6) is 0 Å². The smallest absolute Gasteiger partial charge is 0.129 e. The summed E-state index contributed by atoms with van der Waals surface area (Å²) in [4.78, 5) is 8.28. The van der Waals surface area contributed by atoms with E-state index in [0.29, 0.717) is 5.88 Å². The van der Waals surface area contributed by atoms with Crippen LogP contribution in [0, 0.1) is 6.92 Å². The number of pyridine rings is 1. The number of thiophene rings is 1. The van der Waals surface area contributed by atoms with Crippen LogP contribution in [0.25, 0.3) is 0 Å². The Kier molecular flexibility index (Phi) is 4.61. The van der Waals surface area contributed by atoms with Crippen LogP contribution in [0.2, 0.25) is 0 Å². The van der Waals surface area contributed by atoms with E-state index in [0.717, 1.165) is 30.2 Å². The number of hydrogen-bond donors (Lipinski definition) is 0. The summed E-state index contributed by atoms with van der Waals surface area (Å²) < 4.78 is 0. The van der Waals surface area contributed by atoms with Gasteiger partial charge in [-0.15, -0.1) is 22.9 Å². The topological polar surface area (TPSA) is 16.1 Å². The molecule has 96 valence electrons. The third-order valence-corrected chi connectivity index (χ3v) is 4.11. The largest absolute Gasteiger partial charge is 0.352 e. The van der Waals surface area contributed by atoms with Gasteiger partial charge in [0.25, 0.3) is 0 Å². The van der Waals surface area contributed by atoms with Gasteiger partial charge >= 0.3 is 0 Å². The quantitative estimate of drug-likeness (QED) is 0.763. The van der Waals surface area contributed by atoms with Crippen molar-refractivity contribution < 1.29 is 0 Å².